The van der Waals surface area contributed by atoms with Gasteiger partial charge in [0.05, 0.1) is 10.8 Å². The molecule has 8 heteroatoms. The average molecular weight is 394 g/mol. The standard InChI is InChI=1S/C17H16ClN3O2S2/c1-10(15(22)19-9-11-3-5-12(18)6-4-11)25-17-20-13-7-8-24-14(13)16(23)21(17)2/h3-8,10H,9H2,1-2H3,(H,19,22). The van der Waals surface area contributed by atoms with Crippen molar-refractivity contribution in [1.82, 2.24) is 14.9 Å². The minimum absolute atomic E-state index is 0.0868. The molecule has 1 N–H and O–H groups in total. The summed E-state index contributed by atoms with van der Waals surface area (Å²) in [4.78, 5) is 29.1. The smallest absolute Gasteiger partial charge is 0.271 e. The molecule has 2 aromatic heterocycles. The van der Waals surface area contributed by atoms with E-state index in [0.29, 0.717) is 26.9 Å². The summed E-state index contributed by atoms with van der Waals surface area (Å²) in [5, 5.41) is 5.55. The van der Waals surface area contributed by atoms with Crippen molar-refractivity contribution in [3.63, 3.8) is 0 Å². The number of thioether (sulfide) groups is 1. The fourth-order valence-electron chi connectivity index (χ4n) is 2.22. The first-order chi connectivity index (χ1) is 12.0. The lowest BCUT2D eigenvalue weighted by Gasteiger charge is -2.13. The van der Waals surface area contributed by atoms with Crippen LogP contribution in [0.2, 0.25) is 5.02 Å². The number of hydrogen-bond acceptors (Lipinski definition) is 5. The monoisotopic (exact) mass is 393 g/mol. The molecule has 5 nitrogen and oxygen atoms in total. The first kappa shape index (κ1) is 18.0. The summed E-state index contributed by atoms with van der Waals surface area (Å²) in [5.74, 6) is -0.111. The predicted octanol–water partition coefficient (Wildman–Crippen LogP) is 3.45. The second-order valence-electron chi connectivity index (χ2n) is 5.50. The quantitative estimate of drug-likeness (QED) is 0.532. The van der Waals surface area contributed by atoms with Gasteiger partial charge in [-0.2, -0.15) is 0 Å². The molecule has 0 radical (unpaired) electrons. The number of benzene rings is 1. The van der Waals surface area contributed by atoms with Crippen molar-refractivity contribution in [3.05, 3.63) is 56.7 Å². The van der Waals surface area contributed by atoms with Crippen molar-refractivity contribution in [1.29, 1.82) is 0 Å². The maximum Gasteiger partial charge on any atom is 0.271 e. The van der Waals surface area contributed by atoms with Crippen LogP contribution >= 0.6 is 34.7 Å². The van der Waals surface area contributed by atoms with Gasteiger partial charge in [0.15, 0.2) is 5.16 Å². The summed E-state index contributed by atoms with van der Waals surface area (Å²) in [6.45, 7) is 2.22. The van der Waals surface area contributed by atoms with Crippen molar-refractivity contribution >= 4 is 50.8 Å². The van der Waals surface area contributed by atoms with E-state index in [1.54, 1.807) is 26.1 Å². The van der Waals surface area contributed by atoms with Crippen LogP contribution in [0.15, 0.2) is 45.7 Å². The number of thiophene rings is 1. The van der Waals surface area contributed by atoms with Gasteiger partial charge in [0.2, 0.25) is 5.91 Å². The van der Waals surface area contributed by atoms with Crippen molar-refractivity contribution in [2.75, 3.05) is 0 Å². The number of halogens is 1. The highest BCUT2D eigenvalue weighted by atomic mass is 35.5. The first-order valence-corrected chi connectivity index (χ1v) is 9.72. The topological polar surface area (TPSA) is 64.0 Å². The molecule has 1 unspecified atom stereocenters. The van der Waals surface area contributed by atoms with Crippen LogP contribution < -0.4 is 10.9 Å². The van der Waals surface area contributed by atoms with E-state index in [1.807, 2.05) is 23.6 Å². The molecule has 3 rings (SSSR count). The van der Waals surface area contributed by atoms with Crippen molar-refractivity contribution in [3.8, 4) is 0 Å². The van der Waals surface area contributed by atoms with Gasteiger partial charge in [0.1, 0.15) is 4.70 Å². The van der Waals surface area contributed by atoms with Gasteiger partial charge < -0.3 is 5.32 Å². The van der Waals surface area contributed by atoms with Gasteiger partial charge in [-0.05, 0) is 36.1 Å². The summed E-state index contributed by atoms with van der Waals surface area (Å²) >= 11 is 8.50. The Morgan fingerprint density at radius 1 is 1.36 bits per heavy atom. The maximum absolute atomic E-state index is 12.3. The molecule has 0 aliphatic rings. The van der Waals surface area contributed by atoms with Gasteiger partial charge in [-0.25, -0.2) is 4.98 Å². The second kappa shape index (κ2) is 7.59. The molecule has 0 fully saturated rings. The summed E-state index contributed by atoms with van der Waals surface area (Å²) in [7, 11) is 1.68. The van der Waals surface area contributed by atoms with Gasteiger partial charge >= 0.3 is 0 Å². The Hall–Kier alpha value is -1.83. The second-order valence-corrected chi connectivity index (χ2v) is 8.16. The zero-order chi connectivity index (χ0) is 18.0. The van der Waals surface area contributed by atoms with Crippen LogP contribution in [0.25, 0.3) is 10.2 Å². The third kappa shape index (κ3) is 4.05. The van der Waals surface area contributed by atoms with Gasteiger partial charge in [-0.15, -0.1) is 11.3 Å². The molecule has 25 heavy (non-hydrogen) atoms. The molecule has 0 aliphatic carbocycles. The maximum atomic E-state index is 12.3. The lowest BCUT2D eigenvalue weighted by atomic mass is 10.2. The Morgan fingerprint density at radius 3 is 2.80 bits per heavy atom. The van der Waals surface area contributed by atoms with Crippen LogP contribution in [-0.4, -0.2) is 20.7 Å². The summed E-state index contributed by atoms with van der Waals surface area (Å²) in [5.41, 5.74) is 1.56. The number of carbonyl (C=O) groups excluding carboxylic acids is 1. The molecule has 0 aliphatic heterocycles. The highest BCUT2D eigenvalue weighted by Gasteiger charge is 2.18. The van der Waals surface area contributed by atoms with Crippen molar-refractivity contribution < 1.29 is 4.79 Å². The molecule has 1 amide bonds. The Kier molecular flexibility index (Phi) is 5.46. The van der Waals surface area contributed by atoms with Gasteiger partial charge in [0.25, 0.3) is 5.56 Å². The molecule has 130 valence electrons. The molecule has 2 heterocycles. The third-order valence-electron chi connectivity index (χ3n) is 3.68. The molecule has 1 atom stereocenters. The first-order valence-electron chi connectivity index (χ1n) is 7.59. The van der Waals surface area contributed by atoms with E-state index in [1.165, 1.54) is 27.7 Å². The minimum Gasteiger partial charge on any atom is -0.351 e. The average Bonchev–Trinajstić information content (AvgIpc) is 3.07. The van der Waals surface area contributed by atoms with Crippen LogP contribution in [0, 0.1) is 0 Å². The van der Waals surface area contributed by atoms with E-state index < -0.39 is 0 Å². The number of amides is 1. The van der Waals surface area contributed by atoms with E-state index in [2.05, 4.69) is 10.3 Å². The lowest BCUT2D eigenvalue weighted by molar-refractivity contribution is -0.120. The van der Waals surface area contributed by atoms with Crippen LogP contribution in [-0.2, 0) is 18.4 Å². The minimum atomic E-state index is -0.374. The highest BCUT2D eigenvalue weighted by molar-refractivity contribution is 8.00. The number of nitrogens with one attached hydrogen (secondary N) is 1. The molecular formula is C17H16ClN3O2S2. The molecule has 0 saturated heterocycles. The Labute approximate surface area is 158 Å². The number of hydrogen-bond donors (Lipinski definition) is 1. The van der Waals surface area contributed by atoms with E-state index in [4.69, 9.17) is 11.6 Å². The molecule has 0 bridgehead atoms. The van der Waals surface area contributed by atoms with E-state index in [0.717, 1.165) is 5.56 Å². The van der Waals surface area contributed by atoms with E-state index in [-0.39, 0.29) is 16.7 Å². The highest BCUT2D eigenvalue weighted by Crippen LogP contribution is 2.23. The fraction of sp³-hybridized carbons (Fsp3) is 0.235. The molecule has 3 aromatic rings. The van der Waals surface area contributed by atoms with Crippen LogP contribution in [0.1, 0.15) is 12.5 Å². The molecular weight excluding hydrogens is 378 g/mol. The van der Waals surface area contributed by atoms with Crippen LogP contribution in [0.3, 0.4) is 0 Å². The number of carbonyl (C=O) groups is 1. The number of rotatable bonds is 5. The summed E-state index contributed by atoms with van der Waals surface area (Å²) in [6, 6.07) is 9.14. The van der Waals surface area contributed by atoms with E-state index in [9.17, 15) is 9.59 Å². The fourth-order valence-corrected chi connectivity index (χ4v) is 4.05. The van der Waals surface area contributed by atoms with Crippen molar-refractivity contribution in [2.45, 2.75) is 23.9 Å². The molecule has 0 spiro atoms. The summed E-state index contributed by atoms with van der Waals surface area (Å²) in [6.07, 6.45) is 0. The van der Waals surface area contributed by atoms with Crippen LogP contribution in [0.4, 0.5) is 0 Å². The lowest BCUT2D eigenvalue weighted by Crippen LogP contribution is -2.31. The molecule has 1 aromatic carbocycles. The van der Waals surface area contributed by atoms with Gasteiger partial charge in [-0.1, -0.05) is 35.5 Å². The van der Waals surface area contributed by atoms with Gasteiger partial charge in [0, 0.05) is 18.6 Å². The zero-order valence-corrected chi connectivity index (χ0v) is 16.0. The largest absolute Gasteiger partial charge is 0.351 e. The van der Waals surface area contributed by atoms with E-state index >= 15 is 0 Å². The SMILES string of the molecule is CC(Sc1nc2ccsc2c(=O)n1C)C(=O)NCc1ccc(Cl)cc1. The Morgan fingerprint density at radius 2 is 2.08 bits per heavy atom. The van der Waals surface area contributed by atoms with Crippen LogP contribution in [0.5, 0.6) is 0 Å². The number of nitrogens with zero attached hydrogens (tertiary/aromatic N) is 2. The van der Waals surface area contributed by atoms with Gasteiger partial charge in [-0.3, -0.25) is 14.2 Å². The number of fused-ring (bicyclic) bond motifs is 1. The summed E-state index contributed by atoms with van der Waals surface area (Å²) < 4.78 is 2.12. The Bertz CT molecular complexity index is 966. The molecule has 0 saturated carbocycles. The number of aromatic nitrogens is 2. The Balaban J connectivity index is 1.68. The normalized spacial score (nSPS) is 12.3. The predicted molar refractivity (Wildman–Crippen MR) is 103 cm³/mol. The third-order valence-corrected chi connectivity index (χ3v) is 5.96. The zero-order valence-electron chi connectivity index (χ0n) is 13.7. The van der Waals surface area contributed by atoms with Crippen molar-refractivity contribution in [2.24, 2.45) is 7.05 Å².